The molecule has 112 valence electrons. The van der Waals surface area contributed by atoms with Crippen molar-refractivity contribution in [3.8, 4) is 0 Å². The first-order valence-electron chi connectivity index (χ1n) is 7.87. The summed E-state index contributed by atoms with van der Waals surface area (Å²) in [6, 6.07) is 9.57. The van der Waals surface area contributed by atoms with Gasteiger partial charge in [-0.1, -0.05) is 38.1 Å². The maximum atomic E-state index is 5.76. The highest BCUT2D eigenvalue weighted by Gasteiger charge is 2.25. The summed E-state index contributed by atoms with van der Waals surface area (Å²) in [5.74, 6) is 0. The number of nitrogens with one attached hydrogen (secondary N) is 1. The Morgan fingerprint density at radius 3 is 2.55 bits per heavy atom. The molecule has 1 aromatic carbocycles. The van der Waals surface area contributed by atoms with Gasteiger partial charge in [0.25, 0.3) is 0 Å². The van der Waals surface area contributed by atoms with Crippen LogP contribution in [0.3, 0.4) is 0 Å². The molecule has 2 unspecified atom stereocenters. The highest BCUT2D eigenvalue weighted by atomic mass is 16.5. The van der Waals surface area contributed by atoms with Gasteiger partial charge in [0, 0.05) is 25.7 Å². The molecule has 1 N–H and O–H groups in total. The molecule has 1 heterocycles. The van der Waals surface area contributed by atoms with Crippen LogP contribution in [-0.2, 0) is 17.8 Å². The van der Waals surface area contributed by atoms with Crippen LogP contribution in [0.25, 0.3) is 0 Å². The fourth-order valence-corrected chi connectivity index (χ4v) is 2.75. The van der Waals surface area contributed by atoms with Crippen LogP contribution in [0, 0.1) is 0 Å². The van der Waals surface area contributed by atoms with Gasteiger partial charge in [-0.3, -0.25) is 4.90 Å². The third-order valence-electron chi connectivity index (χ3n) is 4.04. The van der Waals surface area contributed by atoms with Gasteiger partial charge in [-0.25, -0.2) is 0 Å². The zero-order valence-electron chi connectivity index (χ0n) is 13.1. The molecule has 2 rings (SSSR count). The van der Waals surface area contributed by atoms with E-state index < -0.39 is 0 Å². The molecule has 0 aromatic heterocycles. The smallest absolute Gasteiger partial charge is 0.0674 e. The van der Waals surface area contributed by atoms with E-state index in [2.05, 4.69) is 55.3 Å². The number of benzene rings is 1. The van der Waals surface area contributed by atoms with Crippen molar-refractivity contribution in [2.75, 3.05) is 19.7 Å². The Bertz CT molecular complexity index is 390. The molecule has 1 fully saturated rings. The lowest BCUT2D eigenvalue weighted by Gasteiger charge is -2.38. The van der Waals surface area contributed by atoms with Crippen LogP contribution in [0.5, 0.6) is 0 Å². The van der Waals surface area contributed by atoms with E-state index in [4.69, 9.17) is 4.74 Å². The van der Waals surface area contributed by atoms with Crippen LogP contribution < -0.4 is 5.32 Å². The van der Waals surface area contributed by atoms with E-state index >= 15 is 0 Å². The lowest BCUT2D eigenvalue weighted by atomic mass is 10.1. The molecular weight excluding hydrogens is 248 g/mol. The zero-order chi connectivity index (χ0) is 14.4. The minimum Gasteiger partial charge on any atom is -0.376 e. The van der Waals surface area contributed by atoms with Crippen molar-refractivity contribution >= 4 is 0 Å². The molecule has 0 aliphatic carbocycles. The molecule has 1 aromatic rings. The van der Waals surface area contributed by atoms with Crippen molar-refractivity contribution in [1.29, 1.82) is 0 Å². The SMILES string of the molecule is CCNCc1ccc(CN2CC(C)OCC2CC)cc1. The topological polar surface area (TPSA) is 24.5 Å². The number of ether oxygens (including phenoxy) is 1. The Hall–Kier alpha value is -0.900. The monoisotopic (exact) mass is 276 g/mol. The normalized spacial score (nSPS) is 23.9. The third kappa shape index (κ3) is 4.30. The summed E-state index contributed by atoms with van der Waals surface area (Å²) in [6.45, 7) is 11.5. The van der Waals surface area contributed by atoms with Crippen molar-refractivity contribution in [3.05, 3.63) is 35.4 Å². The van der Waals surface area contributed by atoms with Crippen LogP contribution in [-0.4, -0.2) is 36.7 Å². The molecule has 0 bridgehead atoms. The highest BCUT2D eigenvalue weighted by molar-refractivity contribution is 5.22. The van der Waals surface area contributed by atoms with E-state index in [0.717, 1.165) is 39.2 Å². The molecule has 0 saturated carbocycles. The second-order valence-corrected chi connectivity index (χ2v) is 5.73. The Balaban J connectivity index is 1.94. The maximum absolute atomic E-state index is 5.76. The summed E-state index contributed by atoms with van der Waals surface area (Å²) in [4.78, 5) is 2.56. The molecule has 3 heteroatoms. The summed E-state index contributed by atoms with van der Waals surface area (Å²) in [5.41, 5.74) is 2.76. The second-order valence-electron chi connectivity index (χ2n) is 5.73. The Morgan fingerprint density at radius 1 is 1.20 bits per heavy atom. The van der Waals surface area contributed by atoms with Crippen molar-refractivity contribution in [2.24, 2.45) is 0 Å². The van der Waals surface area contributed by atoms with Gasteiger partial charge in [0.2, 0.25) is 0 Å². The van der Waals surface area contributed by atoms with E-state index in [1.807, 2.05) is 0 Å². The third-order valence-corrected chi connectivity index (χ3v) is 4.04. The minimum atomic E-state index is 0.353. The quantitative estimate of drug-likeness (QED) is 0.864. The molecule has 2 atom stereocenters. The van der Waals surface area contributed by atoms with Crippen LogP contribution in [0.4, 0.5) is 0 Å². The van der Waals surface area contributed by atoms with Crippen molar-refractivity contribution in [3.63, 3.8) is 0 Å². The van der Waals surface area contributed by atoms with Gasteiger partial charge < -0.3 is 10.1 Å². The first-order chi connectivity index (χ1) is 9.72. The van der Waals surface area contributed by atoms with Crippen LogP contribution in [0.15, 0.2) is 24.3 Å². The number of hydrogen-bond acceptors (Lipinski definition) is 3. The summed E-state index contributed by atoms with van der Waals surface area (Å²) in [5, 5.41) is 3.36. The molecule has 1 aliphatic heterocycles. The van der Waals surface area contributed by atoms with Gasteiger partial charge in [0.15, 0.2) is 0 Å². The van der Waals surface area contributed by atoms with Gasteiger partial charge in [-0.2, -0.15) is 0 Å². The predicted octanol–water partition coefficient (Wildman–Crippen LogP) is 2.80. The van der Waals surface area contributed by atoms with Crippen molar-refractivity contribution in [2.45, 2.75) is 52.4 Å². The fourth-order valence-electron chi connectivity index (χ4n) is 2.75. The lowest BCUT2D eigenvalue weighted by Crippen LogP contribution is -2.47. The van der Waals surface area contributed by atoms with Gasteiger partial charge >= 0.3 is 0 Å². The molecule has 3 nitrogen and oxygen atoms in total. The first-order valence-corrected chi connectivity index (χ1v) is 7.87. The van der Waals surface area contributed by atoms with Crippen LogP contribution >= 0.6 is 0 Å². The molecule has 0 amide bonds. The predicted molar refractivity (Wildman–Crippen MR) is 83.7 cm³/mol. The number of rotatable bonds is 6. The van der Waals surface area contributed by atoms with Gasteiger partial charge in [-0.05, 0) is 31.0 Å². The van der Waals surface area contributed by atoms with E-state index in [1.54, 1.807) is 0 Å². The number of morpholine rings is 1. The van der Waals surface area contributed by atoms with E-state index in [1.165, 1.54) is 11.1 Å². The number of hydrogen-bond donors (Lipinski definition) is 1. The summed E-state index contributed by atoms with van der Waals surface area (Å²) in [6.07, 6.45) is 1.51. The molecule has 0 spiro atoms. The fraction of sp³-hybridized carbons (Fsp3) is 0.647. The average Bonchev–Trinajstić information content (AvgIpc) is 2.47. The Morgan fingerprint density at radius 2 is 1.90 bits per heavy atom. The van der Waals surface area contributed by atoms with Gasteiger partial charge in [0.1, 0.15) is 0 Å². The van der Waals surface area contributed by atoms with E-state index in [9.17, 15) is 0 Å². The van der Waals surface area contributed by atoms with E-state index in [0.29, 0.717) is 12.1 Å². The maximum Gasteiger partial charge on any atom is 0.0674 e. The summed E-state index contributed by atoms with van der Waals surface area (Å²) < 4.78 is 5.76. The second kappa shape index (κ2) is 7.77. The largest absolute Gasteiger partial charge is 0.376 e. The first kappa shape index (κ1) is 15.5. The molecule has 1 aliphatic rings. The molecular formula is C17H28N2O. The summed E-state index contributed by atoms with van der Waals surface area (Å²) in [7, 11) is 0. The standard InChI is InChI=1S/C17H28N2O/c1-4-17-13-20-14(3)11-19(17)12-16-8-6-15(7-9-16)10-18-5-2/h6-9,14,17-18H,4-5,10-13H2,1-3H3. The van der Waals surface area contributed by atoms with Gasteiger partial charge in [-0.15, -0.1) is 0 Å². The van der Waals surface area contributed by atoms with Crippen molar-refractivity contribution < 1.29 is 4.74 Å². The van der Waals surface area contributed by atoms with Crippen molar-refractivity contribution in [1.82, 2.24) is 10.2 Å². The Kier molecular flexibility index (Phi) is 6.02. The Labute approximate surface area is 123 Å². The molecule has 1 saturated heterocycles. The van der Waals surface area contributed by atoms with Crippen LogP contribution in [0.1, 0.15) is 38.3 Å². The highest BCUT2D eigenvalue weighted by Crippen LogP contribution is 2.18. The molecule has 0 radical (unpaired) electrons. The lowest BCUT2D eigenvalue weighted by molar-refractivity contribution is -0.0592. The molecule has 20 heavy (non-hydrogen) atoms. The van der Waals surface area contributed by atoms with Gasteiger partial charge in [0.05, 0.1) is 12.7 Å². The summed E-state index contributed by atoms with van der Waals surface area (Å²) >= 11 is 0. The van der Waals surface area contributed by atoms with E-state index in [-0.39, 0.29) is 0 Å². The number of nitrogens with zero attached hydrogens (tertiary/aromatic N) is 1. The zero-order valence-corrected chi connectivity index (χ0v) is 13.1. The van der Waals surface area contributed by atoms with Crippen LogP contribution in [0.2, 0.25) is 0 Å². The minimum absolute atomic E-state index is 0.353. The average molecular weight is 276 g/mol.